The van der Waals surface area contributed by atoms with E-state index >= 15 is 0 Å². The predicted molar refractivity (Wildman–Crippen MR) is 102 cm³/mol. The fraction of sp³-hybridized carbons (Fsp3) is 0.316. The number of ether oxygens (including phenoxy) is 1. The van der Waals surface area contributed by atoms with E-state index in [0.29, 0.717) is 50.1 Å². The number of amides is 2. The van der Waals surface area contributed by atoms with Gasteiger partial charge in [-0.25, -0.2) is 4.79 Å². The number of phenols is 1. The predicted octanol–water partition coefficient (Wildman–Crippen LogP) is 2.96. The molecule has 1 heterocycles. The van der Waals surface area contributed by atoms with Gasteiger partial charge >= 0.3 is 6.03 Å². The van der Waals surface area contributed by atoms with Gasteiger partial charge in [-0.2, -0.15) is 0 Å². The number of urea groups is 1. The van der Waals surface area contributed by atoms with Crippen molar-refractivity contribution < 1.29 is 14.6 Å². The molecule has 3 rings (SSSR count). The monoisotopic (exact) mass is 375 g/mol. The molecule has 2 aromatic rings. The first-order valence-corrected chi connectivity index (χ1v) is 8.95. The van der Waals surface area contributed by atoms with Crippen molar-refractivity contribution in [2.24, 2.45) is 0 Å². The molecule has 0 radical (unpaired) electrons. The van der Waals surface area contributed by atoms with Crippen LogP contribution in [0.3, 0.4) is 0 Å². The van der Waals surface area contributed by atoms with Crippen molar-refractivity contribution in [1.29, 1.82) is 0 Å². The number of phenolic OH excluding ortho intramolecular Hbond substituents is 1. The van der Waals surface area contributed by atoms with E-state index in [0.717, 1.165) is 5.69 Å². The van der Waals surface area contributed by atoms with E-state index in [1.165, 1.54) is 0 Å². The van der Waals surface area contributed by atoms with Crippen LogP contribution >= 0.6 is 11.6 Å². The average molecular weight is 376 g/mol. The van der Waals surface area contributed by atoms with Crippen LogP contribution in [0.2, 0.25) is 5.02 Å². The molecule has 0 aliphatic carbocycles. The SMILES string of the molecule is O=C(NCCOc1cccc(Cl)c1)N1CCN(c2ccccc2O)CC1. The summed E-state index contributed by atoms with van der Waals surface area (Å²) in [7, 11) is 0. The van der Waals surface area contributed by atoms with Gasteiger partial charge in [0.05, 0.1) is 12.2 Å². The minimum absolute atomic E-state index is 0.100. The summed E-state index contributed by atoms with van der Waals surface area (Å²) in [5.41, 5.74) is 0.808. The van der Waals surface area contributed by atoms with E-state index in [1.807, 2.05) is 24.3 Å². The lowest BCUT2D eigenvalue weighted by Gasteiger charge is -2.36. The smallest absolute Gasteiger partial charge is 0.317 e. The number of nitrogens with zero attached hydrogens (tertiary/aromatic N) is 2. The molecule has 0 aromatic heterocycles. The zero-order valence-electron chi connectivity index (χ0n) is 14.4. The number of carbonyl (C=O) groups excluding carboxylic acids is 1. The number of benzene rings is 2. The Morgan fingerprint density at radius 3 is 2.62 bits per heavy atom. The molecule has 0 unspecified atom stereocenters. The van der Waals surface area contributed by atoms with E-state index in [9.17, 15) is 9.90 Å². The van der Waals surface area contributed by atoms with E-state index in [1.54, 1.807) is 29.2 Å². The molecule has 0 saturated carbocycles. The fourth-order valence-electron chi connectivity index (χ4n) is 2.88. The Kier molecular flexibility index (Phi) is 6.07. The van der Waals surface area contributed by atoms with Gasteiger partial charge in [-0.3, -0.25) is 0 Å². The van der Waals surface area contributed by atoms with Crippen molar-refractivity contribution in [3.05, 3.63) is 53.6 Å². The number of para-hydroxylation sites is 2. The second-order valence-corrected chi connectivity index (χ2v) is 6.44. The number of hydrogen-bond donors (Lipinski definition) is 2. The second kappa shape index (κ2) is 8.67. The number of rotatable bonds is 5. The zero-order chi connectivity index (χ0) is 18.4. The van der Waals surface area contributed by atoms with Crippen LogP contribution in [-0.2, 0) is 0 Å². The van der Waals surface area contributed by atoms with Crippen LogP contribution in [0.15, 0.2) is 48.5 Å². The molecule has 6 nitrogen and oxygen atoms in total. The lowest BCUT2D eigenvalue weighted by atomic mass is 10.2. The van der Waals surface area contributed by atoms with E-state index in [-0.39, 0.29) is 11.8 Å². The number of nitrogens with one attached hydrogen (secondary N) is 1. The van der Waals surface area contributed by atoms with Gasteiger partial charge in [-0.1, -0.05) is 29.8 Å². The molecular formula is C19H22ClN3O3. The molecule has 2 aromatic carbocycles. The standard InChI is InChI=1S/C19H22ClN3O3/c20-15-4-3-5-16(14-15)26-13-8-21-19(25)23-11-9-22(10-12-23)17-6-1-2-7-18(17)24/h1-7,14,24H,8-13H2,(H,21,25). The van der Waals surface area contributed by atoms with Crippen LogP contribution < -0.4 is 15.0 Å². The van der Waals surface area contributed by atoms with Crippen LogP contribution in [0.1, 0.15) is 0 Å². The maximum absolute atomic E-state index is 12.2. The van der Waals surface area contributed by atoms with Crippen LogP contribution in [0.4, 0.5) is 10.5 Å². The highest BCUT2D eigenvalue weighted by Gasteiger charge is 2.22. The molecule has 0 atom stereocenters. The number of piperazine rings is 1. The molecule has 1 aliphatic rings. The van der Waals surface area contributed by atoms with Gasteiger partial charge in [0.15, 0.2) is 0 Å². The van der Waals surface area contributed by atoms with Gasteiger partial charge in [-0.05, 0) is 30.3 Å². The molecule has 26 heavy (non-hydrogen) atoms. The summed E-state index contributed by atoms with van der Waals surface area (Å²) in [6.45, 7) is 3.38. The lowest BCUT2D eigenvalue weighted by Crippen LogP contribution is -2.52. The summed E-state index contributed by atoms with van der Waals surface area (Å²) in [6.07, 6.45) is 0. The first-order valence-electron chi connectivity index (χ1n) is 8.57. The van der Waals surface area contributed by atoms with Gasteiger partial charge in [0.2, 0.25) is 0 Å². The number of halogens is 1. The van der Waals surface area contributed by atoms with Crippen molar-refractivity contribution >= 4 is 23.3 Å². The van der Waals surface area contributed by atoms with Crippen molar-refractivity contribution in [3.63, 3.8) is 0 Å². The Balaban J connectivity index is 1.39. The van der Waals surface area contributed by atoms with E-state index in [4.69, 9.17) is 16.3 Å². The Morgan fingerprint density at radius 1 is 1.12 bits per heavy atom. The highest BCUT2D eigenvalue weighted by Crippen LogP contribution is 2.27. The van der Waals surface area contributed by atoms with Gasteiger partial charge in [0.25, 0.3) is 0 Å². The topological polar surface area (TPSA) is 65.0 Å². The summed E-state index contributed by atoms with van der Waals surface area (Å²) in [5.74, 6) is 0.951. The summed E-state index contributed by atoms with van der Waals surface area (Å²) >= 11 is 5.90. The van der Waals surface area contributed by atoms with Crippen LogP contribution in [0, 0.1) is 0 Å². The number of carbonyl (C=O) groups is 1. The molecule has 2 amide bonds. The van der Waals surface area contributed by atoms with Crippen LogP contribution in [0.25, 0.3) is 0 Å². The van der Waals surface area contributed by atoms with Gasteiger partial charge in [0, 0.05) is 31.2 Å². The van der Waals surface area contributed by atoms with E-state index in [2.05, 4.69) is 10.2 Å². The molecule has 0 bridgehead atoms. The summed E-state index contributed by atoms with van der Waals surface area (Å²) in [5, 5.41) is 13.4. The highest BCUT2D eigenvalue weighted by atomic mass is 35.5. The third-order valence-corrected chi connectivity index (χ3v) is 4.47. The normalized spacial score (nSPS) is 14.2. The maximum Gasteiger partial charge on any atom is 0.317 e. The minimum Gasteiger partial charge on any atom is -0.506 e. The minimum atomic E-state index is -0.100. The molecule has 1 saturated heterocycles. The first kappa shape index (κ1) is 18.2. The Morgan fingerprint density at radius 2 is 1.88 bits per heavy atom. The number of aromatic hydroxyl groups is 1. The van der Waals surface area contributed by atoms with Gasteiger partial charge in [0.1, 0.15) is 18.1 Å². The number of anilines is 1. The Labute approximate surface area is 157 Å². The van der Waals surface area contributed by atoms with Crippen molar-refractivity contribution in [2.45, 2.75) is 0 Å². The largest absolute Gasteiger partial charge is 0.506 e. The maximum atomic E-state index is 12.2. The Bertz CT molecular complexity index is 748. The zero-order valence-corrected chi connectivity index (χ0v) is 15.2. The summed E-state index contributed by atoms with van der Waals surface area (Å²) < 4.78 is 5.56. The summed E-state index contributed by atoms with van der Waals surface area (Å²) in [4.78, 5) is 16.1. The second-order valence-electron chi connectivity index (χ2n) is 6.00. The average Bonchev–Trinajstić information content (AvgIpc) is 2.66. The molecule has 138 valence electrons. The summed E-state index contributed by atoms with van der Waals surface area (Å²) in [6, 6.07) is 14.3. The third-order valence-electron chi connectivity index (χ3n) is 4.23. The highest BCUT2D eigenvalue weighted by molar-refractivity contribution is 6.30. The third kappa shape index (κ3) is 4.73. The van der Waals surface area contributed by atoms with Crippen molar-refractivity contribution in [1.82, 2.24) is 10.2 Å². The van der Waals surface area contributed by atoms with Crippen LogP contribution in [-0.4, -0.2) is 55.4 Å². The fourth-order valence-corrected chi connectivity index (χ4v) is 3.06. The quantitative estimate of drug-likeness (QED) is 0.788. The molecule has 0 spiro atoms. The van der Waals surface area contributed by atoms with Crippen LogP contribution in [0.5, 0.6) is 11.5 Å². The first-order chi connectivity index (χ1) is 12.6. The molecular weight excluding hydrogens is 354 g/mol. The molecule has 7 heteroatoms. The van der Waals surface area contributed by atoms with Gasteiger partial charge < -0.3 is 25.0 Å². The molecule has 1 aliphatic heterocycles. The van der Waals surface area contributed by atoms with E-state index < -0.39 is 0 Å². The Hall–Kier alpha value is -2.60. The molecule has 1 fully saturated rings. The van der Waals surface area contributed by atoms with Gasteiger partial charge in [-0.15, -0.1) is 0 Å². The van der Waals surface area contributed by atoms with Crippen molar-refractivity contribution in [2.75, 3.05) is 44.2 Å². The molecule has 2 N–H and O–H groups in total. The lowest BCUT2D eigenvalue weighted by molar-refractivity contribution is 0.191. The number of hydrogen-bond acceptors (Lipinski definition) is 4. The van der Waals surface area contributed by atoms with Crippen molar-refractivity contribution in [3.8, 4) is 11.5 Å².